The van der Waals surface area contributed by atoms with E-state index in [2.05, 4.69) is 44.3 Å². The van der Waals surface area contributed by atoms with Gasteiger partial charge in [0.15, 0.2) is 0 Å². The molecule has 2 aliphatic heterocycles. The van der Waals surface area contributed by atoms with Crippen molar-refractivity contribution < 1.29 is 13.9 Å². The molecule has 2 aromatic carbocycles. The number of ether oxygens (including phenoxy) is 1. The zero-order valence-electron chi connectivity index (χ0n) is 20.1. The van der Waals surface area contributed by atoms with Crippen LogP contribution in [-0.4, -0.2) is 80.5 Å². The number of H-pyrrole nitrogens is 1. The van der Waals surface area contributed by atoms with Crippen molar-refractivity contribution in [3.8, 4) is 11.1 Å². The minimum Gasteiger partial charge on any atom is -0.378 e. The Hall–Kier alpha value is -3.43. The van der Waals surface area contributed by atoms with E-state index in [4.69, 9.17) is 4.74 Å². The Morgan fingerprint density at radius 1 is 1.14 bits per heavy atom. The molecule has 0 bridgehead atoms. The maximum Gasteiger partial charge on any atom is 0.258 e. The van der Waals surface area contributed by atoms with Crippen molar-refractivity contribution in [2.75, 3.05) is 68.6 Å². The first kappa shape index (κ1) is 23.3. The lowest BCUT2D eigenvalue weighted by Crippen LogP contribution is -2.36. The molecule has 2 fully saturated rings. The first-order valence-electron chi connectivity index (χ1n) is 12.0. The first-order valence-corrected chi connectivity index (χ1v) is 12.0. The normalized spacial score (nSPS) is 18.3. The number of aromatic nitrogens is 2. The summed E-state index contributed by atoms with van der Waals surface area (Å²) in [7, 11) is 4.11. The van der Waals surface area contributed by atoms with Crippen molar-refractivity contribution in [2.45, 2.75) is 12.5 Å². The first-order chi connectivity index (χ1) is 17.0. The molecule has 0 spiro atoms. The van der Waals surface area contributed by atoms with Gasteiger partial charge in [-0.25, -0.2) is 4.39 Å². The molecule has 2 N–H and O–H groups in total. The molecule has 1 aromatic heterocycles. The number of anilines is 3. The highest BCUT2D eigenvalue weighted by Gasteiger charge is 2.27. The van der Waals surface area contributed by atoms with Crippen LogP contribution in [0.1, 0.15) is 16.8 Å². The summed E-state index contributed by atoms with van der Waals surface area (Å²) in [6.45, 7) is 4.68. The van der Waals surface area contributed by atoms with Gasteiger partial charge in [-0.15, -0.1) is 0 Å². The molecule has 1 unspecified atom stereocenters. The van der Waals surface area contributed by atoms with E-state index in [0.717, 1.165) is 43.9 Å². The average molecular weight is 479 g/mol. The Kier molecular flexibility index (Phi) is 6.70. The van der Waals surface area contributed by atoms with Gasteiger partial charge < -0.3 is 24.8 Å². The van der Waals surface area contributed by atoms with Crippen molar-refractivity contribution in [1.29, 1.82) is 0 Å². The molecule has 3 heterocycles. The largest absolute Gasteiger partial charge is 0.378 e. The number of morpholine rings is 1. The third kappa shape index (κ3) is 5.01. The smallest absolute Gasteiger partial charge is 0.258 e. The summed E-state index contributed by atoms with van der Waals surface area (Å²) in [6.07, 6.45) is 4.00. The fourth-order valence-corrected chi connectivity index (χ4v) is 4.77. The van der Waals surface area contributed by atoms with E-state index in [1.54, 1.807) is 18.3 Å². The number of benzene rings is 2. The number of carbonyl (C=O) groups excluding carboxylic acids is 1. The summed E-state index contributed by atoms with van der Waals surface area (Å²) in [5, 5.41) is 9.52. The minimum atomic E-state index is -0.311. The third-order valence-electron chi connectivity index (χ3n) is 6.88. The molecule has 2 saturated heterocycles. The van der Waals surface area contributed by atoms with Crippen LogP contribution in [0.4, 0.5) is 21.5 Å². The molecule has 8 nitrogen and oxygen atoms in total. The summed E-state index contributed by atoms with van der Waals surface area (Å²) < 4.78 is 20.9. The van der Waals surface area contributed by atoms with Gasteiger partial charge in [0.25, 0.3) is 5.91 Å². The summed E-state index contributed by atoms with van der Waals surface area (Å²) >= 11 is 0. The van der Waals surface area contributed by atoms with Crippen LogP contribution in [0.5, 0.6) is 0 Å². The number of hydrogen-bond donors (Lipinski definition) is 2. The molecule has 0 aliphatic carbocycles. The molecule has 1 amide bonds. The van der Waals surface area contributed by atoms with Crippen LogP contribution >= 0.6 is 0 Å². The SMILES string of the molecule is CN(C)C1CCN(c2cc(F)c(-c3ccc(N4CCOCC4)cc3)cc2NC(=O)c2cn[nH]c2)C1. The van der Waals surface area contributed by atoms with Crippen molar-refractivity contribution in [2.24, 2.45) is 0 Å². The van der Waals surface area contributed by atoms with Gasteiger partial charge in [0.2, 0.25) is 0 Å². The van der Waals surface area contributed by atoms with Gasteiger partial charge in [-0.1, -0.05) is 12.1 Å². The van der Waals surface area contributed by atoms with Gasteiger partial charge >= 0.3 is 0 Å². The molecule has 0 saturated carbocycles. The van der Waals surface area contributed by atoms with E-state index >= 15 is 4.39 Å². The summed E-state index contributed by atoms with van der Waals surface area (Å²) in [5.74, 6) is -0.600. The molecule has 5 rings (SSSR count). The monoisotopic (exact) mass is 478 g/mol. The van der Waals surface area contributed by atoms with Crippen LogP contribution in [0, 0.1) is 5.82 Å². The second kappa shape index (κ2) is 10.1. The predicted octanol–water partition coefficient (Wildman–Crippen LogP) is 3.45. The molecule has 184 valence electrons. The zero-order valence-corrected chi connectivity index (χ0v) is 20.1. The number of nitrogens with one attached hydrogen (secondary N) is 2. The quantitative estimate of drug-likeness (QED) is 0.565. The molecule has 9 heteroatoms. The van der Waals surface area contributed by atoms with Gasteiger partial charge in [0.1, 0.15) is 5.82 Å². The van der Waals surface area contributed by atoms with E-state index in [-0.39, 0.29) is 11.7 Å². The van der Waals surface area contributed by atoms with E-state index < -0.39 is 0 Å². The van der Waals surface area contributed by atoms with E-state index in [1.165, 1.54) is 6.20 Å². The summed E-state index contributed by atoms with van der Waals surface area (Å²) in [5.41, 5.74) is 4.01. The van der Waals surface area contributed by atoms with Gasteiger partial charge in [0, 0.05) is 49.7 Å². The fraction of sp³-hybridized carbons (Fsp3) is 0.385. The summed E-state index contributed by atoms with van der Waals surface area (Å²) in [4.78, 5) is 19.4. The topological polar surface area (TPSA) is 76.7 Å². The Labute approximate surface area is 204 Å². The number of likely N-dealkylation sites (N-methyl/N-ethyl adjacent to an activating group) is 1. The fourth-order valence-electron chi connectivity index (χ4n) is 4.77. The highest BCUT2D eigenvalue weighted by molar-refractivity contribution is 6.06. The number of amides is 1. The standard InChI is InChI=1S/C26H31FN6O2/c1-31(2)21-7-8-33(17-21)25-14-23(27)22(13-24(25)30-26(34)19-15-28-29-16-19)18-3-5-20(6-4-18)32-9-11-35-12-10-32/h3-6,13-16,21H,7-12,17H2,1-2H3,(H,28,29)(H,30,34). The van der Waals surface area contributed by atoms with Crippen LogP contribution in [0.3, 0.4) is 0 Å². The van der Waals surface area contributed by atoms with E-state index in [0.29, 0.717) is 41.8 Å². The number of carbonyl (C=O) groups is 1. The molecule has 3 aromatic rings. The van der Waals surface area contributed by atoms with E-state index in [1.807, 2.05) is 24.3 Å². The number of nitrogens with zero attached hydrogens (tertiary/aromatic N) is 4. The van der Waals surface area contributed by atoms with Gasteiger partial charge in [-0.2, -0.15) is 5.10 Å². The van der Waals surface area contributed by atoms with E-state index in [9.17, 15) is 4.79 Å². The van der Waals surface area contributed by atoms with Crippen LogP contribution in [0.15, 0.2) is 48.8 Å². The maximum absolute atomic E-state index is 15.5. The lowest BCUT2D eigenvalue weighted by atomic mass is 10.0. The van der Waals surface area contributed by atoms with Gasteiger partial charge in [-0.3, -0.25) is 9.89 Å². The zero-order chi connectivity index (χ0) is 24.4. The molecule has 35 heavy (non-hydrogen) atoms. The highest BCUT2D eigenvalue weighted by atomic mass is 19.1. The molecular formula is C26H31FN6O2. The molecular weight excluding hydrogens is 447 g/mol. The Morgan fingerprint density at radius 3 is 2.57 bits per heavy atom. The Bertz CT molecular complexity index is 1160. The molecule has 2 aliphatic rings. The predicted molar refractivity (Wildman–Crippen MR) is 136 cm³/mol. The van der Waals surface area contributed by atoms with Crippen molar-refractivity contribution >= 4 is 23.0 Å². The van der Waals surface area contributed by atoms with Crippen LogP contribution in [0.25, 0.3) is 11.1 Å². The van der Waals surface area contributed by atoms with Crippen LogP contribution in [0.2, 0.25) is 0 Å². The van der Waals surface area contributed by atoms with Gasteiger partial charge in [-0.05, 0) is 50.3 Å². The lowest BCUT2D eigenvalue weighted by Gasteiger charge is -2.29. The minimum absolute atomic E-state index is 0.288. The lowest BCUT2D eigenvalue weighted by molar-refractivity contribution is 0.102. The maximum atomic E-state index is 15.5. The molecule has 0 radical (unpaired) electrons. The number of hydrogen-bond acceptors (Lipinski definition) is 6. The van der Waals surface area contributed by atoms with Crippen molar-refractivity contribution in [3.05, 3.63) is 60.2 Å². The van der Waals surface area contributed by atoms with Crippen molar-refractivity contribution in [1.82, 2.24) is 15.1 Å². The third-order valence-corrected chi connectivity index (χ3v) is 6.88. The number of halogens is 1. The van der Waals surface area contributed by atoms with Crippen molar-refractivity contribution in [3.63, 3.8) is 0 Å². The second-order valence-electron chi connectivity index (χ2n) is 9.29. The molecule has 1 atom stereocenters. The summed E-state index contributed by atoms with van der Waals surface area (Å²) in [6, 6.07) is 11.6. The Balaban J connectivity index is 1.47. The number of aromatic amines is 1. The highest BCUT2D eigenvalue weighted by Crippen LogP contribution is 2.37. The van der Waals surface area contributed by atoms with Crippen LogP contribution in [-0.2, 0) is 4.74 Å². The van der Waals surface area contributed by atoms with Gasteiger partial charge in [0.05, 0.1) is 36.3 Å². The Morgan fingerprint density at radius 2 is 1.91 bits per heavy atom. The number of rotatable bonds is 6. The van der Waals surface area contributed by atoms with Crippen LogP contribution < -0.4 is 15.1 Å². The average Bonchev–Trinajstić information content (AvgIpc) is 3.59. The second-order valence-corrected chi connectivity index (χ2v) is 9.29.